The standard InChI is InChI=1S/C16H14F2N2O3/c17-11-3-1-10(2-4-11)9-23-12-5-6-13(14(18)7-12)16(22)20-8-15(19)21/h1-7H,8-9H2,(H2,19,21)(H,20,22). The van der Waals surface area contributed by atoms with Crippen LogP contribution in [0.2, 0.25) is 0 Å². The molecule has 0 unspecified atom stereocenters. The van der Waals surface area contributed by atoms with Gasteiger partial charge in [-0.2, -0.15) is 0 Å². The van der Waals surface area contributed by atoms with Crippen LogP contribution in [0.3, 0.4) is 0 Å². The molecule has 2 rings (SSSR count). The van der Waals surface area contributed by atoms with Crippen LogP contribution in [-0.4, -0.2) is 18.4 Å². The Morgan fingerprint density at radius 1 is 1.09 bits per heavy atom. The van der Waals surface area contributed by atoms with Gasteiger partial charge in [-0.05, 0) is 29.8 Å². The summed E-state index contributed by atoms with van der Waals surface area (Å²) < 4.78 is 32.1. The maximum Gasteiger partial charge on any atom is 0.254 e. The van der Waals surface area contributed by atoms with Gasteiger partial charge in [0.1, 0.15) is 24.0 Å². The predicted octanol–water partition coefficient (Wildman–Crippen LogP) is 1.76. The molecule has 0 aliphatic carbocycles. The Labute approximate surface area is 131 Å². The first-order chi connectivity index (χ1) is 11.0. The van der Waals surface area contributed by atoms with E-state index in [9.17, 15) is 18.4 Å². The van der Waals surface area contributed by atoms with Crippen molar-refractivity contribution in [1.82, 2.24) is 5.32 Å². The SMILES string of the molecule is NC(=O)CNC(=O)c1ccc(OCc2ccc(F)cc2)cc1F. The third-order valence-corrected chi connectivity index (χ3v) is 2.93. The third kappa shape index (κ3) is 4.77. The van der Waals surface area contributed by atoms with E-state index in [1.165, 1.54) is 24.3 Å². The van der Waals surface area contributed by atoms with Crippen molar-refractivity contribution in [2.45, 2.75) is 6.61 Å². The number of nitrogens with one attached hydrogen (secondary N) is 1. The normalized spacial score (nSPS) is 10.2. The molecule has 0 radical (unpaired) electrons. The molecule has 0 aromatic heterocycles. The summed E-state index contributed by atoms with van der Waals surface area (Å²) in [6.07, 6.45) is 0. The lowest BCUT2D eigenvalue weighted by Crippen LogP contribution is -2.33. The van der Waals surface area contributed by atoms with E-state index in [2.05, 4.69) is 5.32 Å². The number of rotatable bonds is 6. The number of ether oxygens (including phenoxy) is 1. The number of halogens is 2. The molecular formula is C16H14F2N2O3. The van der Waals surface area contributed by atoms with Gasteiger partial charge in [-0.3, -0.25) is 9.59 Å². The van der Waals surface area contributed by atoms with Gasteiger partial charge in [-0.15, -0.1) is 0 Å². The van der Waals surface area contributed by atoms with Crippen LogP contribution in [0, 0.1) is 11.6 Å². The van der Waals surface area contributed by atoms with E-state index in [0.717, 1.165) is 11.6 Å². The molecule has 2 aromatic rings. The van der Waals surface area contributed by atoms with Crippen molar-refractivity contribution in [3.8, 4) is 5.75 Å². The zero-order chi connectivity index (χ0) is 16.8. The summed E-state index contributed by atoms with van der Waals surface area (Å²) in [4.78, 5) is 22.2. The molecule has 0 heterocycles. The molecule has 5 nitrogen and oxygen atoms in total. The van der Waals surface area contributed by atoms with Crippen molar-refractivity contribution in [1.29, 1.82) is 0 Å². The van der Waals surface area contributed by atoms with Crippen LogP contribution < -0.4 is 15.8 Å². The zero-order valence-electron chi connectivity index (χ0n) is 12.0. The van der Waals surface area contributed by atoms with Crippen LogP contribution in [0.15, 0.2) is 42.5 Å². The van der Waals surface area contributed by atoms with Crippen LogP contribution in [0.4, 0.5) is 8.78 Å². The summed E-state index contributed by atoms with van der Waals surface area (Å²) in [6, 6.07) is 9.42. The Bertz CT molecular complexity index is 718. The van der Waals surface area contributed by atoms with Crippen molar-refractivity contribution in [2.24, 2.45) is 5.73 Å². The number of amides is 2. The Morgan fingerprint density at radius 3 is 2.39 bits per heavy atom. The van der Waals surface area contributed by atoms with Gasteiger partial charge >= 0.3 is 0 Å². The van der Waals surface area contributed by atoms with Gasteiger partial charge in [-0.25, -0.2) is 8.78 Å². The van der Waals surface area contributed by atoms with Gasteiger partial charge in [0, 0.05) is 6.07 Å². The average molecular weight is 320 g/mol. The lowest BCUT2D eigenvalue weighted by atomic mass is 10.2. The van der Waals surface area contributed by atoms with Crippen molar-refractivity contribution < 1.29 is 23.1 Å². The molecule has 2 aromatic carbocycles. The van der Waals surface area contributed by atoms with Crippen LogP contribution in [0.5, 0.6) is 5.75 Å². The van der Waals surface area contributed by atoms with Gasteiger partial charge in [0.2, 0.25) is 5.91 Å². The smallest absolute Gasteiger partial charge is 0.254 e. The molecule has 0 bridgehead atoms. The van der Waals surface area contributed by atoms with Gasteiger partial charge in [0.05, 0.1) is 12.1 Å². The Kier molecular flexibility index (Phi) is 5.24. The molecule has 2 amide bonds. The molecule has 0 aliphatic rings. The number of hydrogen-bond donors (Lipinski definition) is 2. The molecule has 0 spiro atoms. The second kappa shape index (κ2) is 7.35. The highest BCUT2D eigenvalue weighted by atomic mass is 19.1. The first-order valence-corrected chi connectivity index (χ1v) is 6.69. The van der Waals surface area contributed by atoms with E-state index in [0.29, 0.717) is 0 Å². The second-order valence-electron chi connectivity index (χ2n) is 4.71. The van der Waals surface area contributed by atoms with E-state index >= 15 is 0 Å². The molecule has 23 heavy (non-hydrogen) atoms. The largest absolute Gasteiger partial charge is 0.489 e. The second-order valence-corrected chi connectivity index (χ2v) is 4.71. The number of carbonyl (C=O) groups excluding carboxylic acids is 2. The molecule has 7 heteroatoms. The van der Waals surface area contributed by atoms with E-state index in [-0.39, 0.29) is 30.3 Å². The van der Waals surface area contributed by atoms with Gasteiger partial charge in [-0.1, -0.05) is 12.1 Å². The number of primary amides is 1. The highest BCUT2D eigenvalue weighted by Gasteiger charge is 2.13. The van der Waals surface area contributed by atoms with Crippen molar-refractivity contribution in [3.63, 3.8) is 0 Å². The monoisotopic (exact) mass is 320 g/mol. The van der Waals surface area contributed by atoms with Crippen LogP contribution in [0.1, 0.15) is 15.9 Å². The summed E-state index contributed by atoms with van der Waals surface area (Å²) in [5, 5.41) is 2.19. The van der Waals surface area contributed by atoms with Crippen molar-refractivity contribution >= 4 is 11.8 Å². The number of nitrogens with two attached hydrogens (primary N) is 1. The number of benzene rings is 2. The van der Waals surface area contributed by atoms with Gasteiger partial charge in [0.15, 0.2) is 0 Å². The van der Waals surface area contributed by atoms with Crippen molar-refractivity contribution in [3.05, 3.63) is 65.2 Å². The maximum atomic E-state index is 13.9. The highest BCUT2D eigenvalue weighted by molar-refractivity contribution is 5.96. The third-order valence-electron chi connectivity index (χ3n) is 2.93. The maximum absolute atomic E-state index is 13.9. The summed E-state index contributed by atoms with van der Waals surface area (Å²) in [6.45, 7) is -0.242. The average Bonchev–Trinajstić information content (AvgIpc) is 2.52. The Hall–Kier alpha value is -2.96. The molecule has 0 saturated carbocycles. The summed E-state index contributed by atoms with van der Waals surface area (Å²) in [5.74, 6) is -2.39. The lowest BCUT2D eigenvalue weighted by molar-refractivity contribution is -0.117. The fourth-order valence-corrected chi connectivity index (χ4v) is 1.78. The summed E-state index contributed by atoms with van der Waals surface area (Å²) in [5.41, 5.74) is 5.39. The van der Waals surface area contributed by atoms with Gasteiger partial charge in [0.25, 0.3) is 5.91 Å². The van der Waals surface area contributed by atoms with E-state index in [1.807, 2.05) is 0 Å². The summed E-state index contributed by atoms with van der Waals surface area (Å²) in [7, 11) is 0. The minimum absolute atomic E-state index is 0.132. The molecule has 0 atom stereocenters. The summed E-state index contributed by atoms with van der Waals surface area (Å²) >= 11 is 0. The molecule has 0 fully saturated rings. The van der Waals surface area contributed by atoms with E-state index in [1.54, 1.807) is 12.1 Å². The molecule has 0 saturated heterocycles. The lowest BCUT2D eigenvalue weighted by Gasteiger charge is -2.09. The van der Waals surface area contributed by atoms with Crippen molar-refractivity contribution in [2.75, 3.05) is 6.54 Å². The Balaban J connectivity index is 1.99. The number of carbonyl (C=O) groups is 2. The fraction of sp³-hybridized carbons (Fsp3) is 0.125. The van der Waals surface area contributed by atoms with E-state index < -0.39 is 17.6 Å². The highest BCUT2D eigenvalue weighted by Crippen LogP contribution is 2.18. The topological polar surface area (TPSA) is 81.4 Å². The molecule has 3 N–H and O–H groups in total. The van der Waals surface area contributed by atoms with Crippen LogP contribution in [-0.2, 0) is 11.4 Å². The predicted molar refractivity (Wildman–Crippen MR) is 78.7 cm³/mol. The fourth-order valence-electron chi connectivity index (χ4n) is 1.78. The molecule has 0 aliphatic heterocycles. The van der Waals surface area contributed by atoms with Gasteiger partial charge < -0.3 is 15.8 Å². The molecular weight excluding hydrogens is 306 g/mol. The minimum atomic E-state index is -0.788. The zero-order valence-corrected chi connectivity index (χ0v) is 12.0. The minimum Gasteiger partial charge on any atom is -0.489 e. The quantitative estimate of drug-likeness (QED) is 0.851. The number of hydrogen-bond acceptors (Lipinski definition) is 3. The van der Waals surface area contributed by atoms with E-state index in [4.69, 9.17) is 10.5 Å². The van der Waals surface area contributed by atoms with Crippen LogP contribution in [0.25, 0.3) is 0 Å². The Morgan fingerprint density at radius 2 is 1.78 bits per heavy atom. The first kappa shape index (κ1) is 16.4. The molecule has 120 valence electrons. The first-order valence-electron chi connectivity index (χ1n) is 6.69. The van der Waals surface area contributed by atoms with Crippen LogP contribution >= 0.6 is 0 Å².